The van der Waals surface area contributed by atoms with Gasteiger partial charge in [0, 0.05) is 44.5 Å². The van der Waals surface area contributed by atoms with Gasteiger partial charge in [0.2, 0.25) is 0 Å². The lowest BCUT2D eigenvalue weighted by Gasteiger charge is -2.39. The third-order valence-corrected chi connectivity index (χ3v) is 4.57. The predicted molar refractivity (Wildman–Crippen MR) is 87.7 cm³/mol. The lowest BCUT2D eigenvalue weighted by molar-refractivity contribution is 0.0558. The number of hydrogen-bond acceptors (Lipinski definition) is 3. The molecule has 4 heteroatoms. The van der Waals surface area contributed by atoms with Gasteiger partial charge in [-0.3, -0.25) is 4.79 Å². The monoisotopic (exact) mass is 289 g/mol. The second kappa shape index (κ2) is 6.94. The number of piperidine rings is 1. The first-order valence-electron chi connectivity index (χ1n) is 7.85. The molecule has 0 radical (unpaired) electrons. The largest absolute Gasteiger partial charge is 0.378 e. The molecular formula is C17H27N3O. The molecule has 4 nitrogen and oxygen atoms in total. The first kappa shape index (κ1) is 15.8. The van der Waals surface area contributed by atoms with Crippen molar-refractivity contribution in [2.24, 2.45) is 11.7 Å². The van der Waals surface area contributed by atoms with E-state index in [1.54, 1.807) is 0 Å². The molecule has 0 aromatic heterocycles. The highest BCUT2D eigenvalue weighted by atomic mass is 16.2. The molecule has 0 aliphatic carbocycles. The Labute approximate surface area is 127 Å². The van der Waals surface area contributed by atoms with Crippen LogP contribution in [0.2, 0.25) is 0 Å². The molecule has 1 heterocycles. The van der Waals surface area contributed by atoms with Gasteiger partial charge in [0.15, 0.2) is 0 Å². The van der Waals surface area contributed by atoms with E-state index in [4.69, 9.17) is 5.73 Å². The van der Waals surface area contributed by atoms with Gasteiger partial charge in [-0.15, -0.1) is 0 Å². The Bertz CT molecular complexity index is 469. The van der Waals surface area contributed by atoms with Crippen molar-refractivity contribution < 1.29 is 4.79 Å². The van der Waals surface area contributed by atoms with Crippen molar-refractivity contribution in [3.8, 4) is 0 Å². The van der Waals surface area contributed by atoms with Crippen molar-refractivity contribution in [2.75, 3.05) is 32.1 Å². The first-order valence-corrected chi connectivity index (χ1v) is 7.85. The highest BCUT2D eigenvalue weighted by Gasteiger charge is 2.30. The van der Waals surface area contributed by atoms with E-state index in [0.29, 0.717) is 12.5 Å². The molecule has 1 aromatic rings. The van der Waals surface area contributed by atoms with Crippen LogP contribution in [0, 0.1) is 5.92 Å². The van der Waals surface area contributed by atoms with Gasteiger partial charge in [0.1, 0.15) is 0 Å². The van der Waals surface area contributed by atoms with Crippen LogP contribution in [0.4, 0.5) is 5.69 Å². The maximum atomic E-state index is 12.7. The Morgan fingerprint density at radius 2 is 2.00 bits per heavy atom. The van der Waals surface area contributed by atoms with Crippen LogP contribution < -0.4 is 10.6 Å². The van der Waals surface area contributed by atoms with Crippen LogP contribution in [0.5, 0.6) is 0 Å². The van der Waals surface area contributed by atoms with Crippen LogP contribution in [0.25, 0.3) is 0 Å². The molecule has 2 rings (SSSR count). The first-order chi connectivity index (χ1) is 10.1. The molecule has 116 valence electrons. The fourth-order valence-electron chi connectivity index (χ4n) is 3.06. The van der Waals surface area contributed by atoms with Crippen LogP contribution in [0.15, 0.2) is 24.3 Å². The van der Waals surface area contributed by atoms with E-state index < -0.39 is 0 Å². The van der Waals surface area contributed by atoms with Gasteiger partial charge in [0.05, 0.1) is 0 Å². The van der Waals surface area contributed by atoms with Gasteiger partial charge >= 0.3 is 0 Å². The minimum atomic E-state index is 0.116. The summed E-state index contributed by atoms with van der Waals surface area (Å²) in [5.41, 5.74) is 7.75. The fourth-order valence-corrected chi connectivity index (χ4v) is 3.06. The maximum Gasteiger partial charge on any atom is 0.254 e. The van der Waals surface area contributed by atoms with Crippen molar-refractivity contribution in [3.05, 3.63) is 29.8 Å². The SMILES string of the molecule is CCC1CCN(C(=O)c2ccc(N(C)C)cc2)C(CN)C1. The second-order valence-corrected chi connectivity index (χ2v) is 6.13. The molecule has 2 atom stereocenters. The summed E-state index contributed by atoms with van der Waals surface area (Å²) in [5.74, 6) is 0.823. The number of carbonyl (C=O) groups excluding carboxylic acids is 1. The molecule has 0 saturated carbocycles. The Kier molecular flexibility index (Phi) is 5.23. The Balaban J connectivity index is 2.11. The number of likely N-dealkylation sites (tertiary alicyclic amines) is 1. The summed E-state index contributed by atoms with van der Waals surface area (Å²) >= 11 is 0. The molecular weight excluding hydrogens is 262 g/mol. The van der Waals surface area contributed by atoms with Gasteiger partial charge in [-0.1, -0.05) is 13.3 Å². The minimum Gasteiger partial charge on any atom is -0.378 e. The molecule has 1 fully saturated rings. The molecule has 2 unspecified atom stereocenters. The number of hydrogen-bond donors (Lipinski definition) is 1. The summed E-state index contributed by atoms with van der Waals surface area (Å²) in [4.78, 5) is 16.7. The van der Waals surface area contributed by atoms with Crippen molar-refractivity contribution in [1.29, 1.82) is 0 Å². The number of nitrogens with two attached hydrogens (primary N) is 1. The summed E-state index contributed by atoms with van der Waals surface area (Å²) in [5, 5.41) is 0. The number of amides is 1. The number of nitrogens with zero attached hydrogens (tertiary/aromatic N) is 2. The molecule has 1 aliphatic rings. The third kappa shape index (κ3) is 3.56. The fraction of sp³-hybridized carbons (Fsp3) is 0.588. The zero-order valence-corrected chi connectivity index (χ0v) is 13.4. The van der Waals surface area contributed by atoms with Crippen LogP contribution in [0.3, 0.4) is 0 Å². The zero-order chi connectivity index (χ0) is 15.4. The number of carbonyl (C=O) groups is 1. The van der Waals surface area contributed by atoms with Gasteiger partial charge in [0.25, 0.3) is 5.91 Å². The van der Waals surface area contributed by atoms with Crippen LogP contribution in [-0.2, 0) is 0 Å². The minimum absolute atomic E-state index is 0.116. The van der Waals surface area contributed by atoms with Crippen molar-refractivity contribution in [3.63, 3.8) is 0 Å². The van der Waals surface area contributed by atoms with Crippen LogP contribution in [-0.4, -0.2) is 44.0 Å². The van der Waals surface area contributed by atoms with Gasteiger partial charge in [-0.25, -0.2) is 0 Å². The average molecular weight is 289 g/mol. The Hall–Kier alpha value is -1.55. The molecule has 1 amide bonds. The summed E-state index contributed by atoms with van der Waals surface area (Å²) in [6, 6.07) is 7.99. The van der Waals surface area contributed by atoms with Gasteiger partial charge in [-0.2, -0.15) is 0 Å². The average Bonchev–Trinajstić information content (AvgIpc) is 2.53. The Morgan fingerprint density at radius 3 is 2.52 bits per heavy atom. The second-order valence-electron chi connectivity index (χ2n) is 6.13. The summed E-state index contributed by atoms with van der Waals surface area (Å²) in [6.45, 7) is 3.60. The summed E-state index contributed by atoms with van der Waals surface area (Å²) in [7, 11) is 3.99. The van der Waals surface area contributed by atoms with E-state index in [1.807, 2.05) is 48.2 Å². The standard InChI is InChI=1S/C17H27N3O/c1-4-13-9-10-20(16(11-13)12-18)17(21)14-5-7-15(8-6-14)19(2)3/h5-8,13,16H,4,9-12,18H2,1-3H3. The van der Waals surface area contributed by atoms with E-state index in [2.05, 4.69) is 6.92 Å². The topological polar surface area (TPSA) is 49.6 Å². The van der Waals surface area contributed by atoms with Gasteiger partial charge in [-0.05, 0) is 43.0 Å². The lowest BCUT2D eigenvalue weighted by Crippen LogP contribution is -2.49. The van der Waals surface area contributed by atoms with Gasteiger partial charge < -0.3 is 15.5 Å². The molecule has 21 heavy (non-hydrogen) atoms. The van der Waals surface area contributed by atoms with Crippen molar-refractivity contribution in [2.45, 2.75) is 32.2 Å². The maximum absolute atomic E-state index is 12.7. The van der Waals surface area contributed by atoms with E-state index >= 15 is 0 Å². The third-order valence-electron chi connectivity index (χ3n) is 4.57. The highest BCUT2D eigenvalue weighted by molar-refractivity contribution is 5.94. The molecule has 0 bridgehead atoms. The van der Waals surface area contributed by atoms with E-state index in [1.165, 1.54) is 6.42 Å². The zero-order valence-electron chi connectivity index (χ0n) is 13.4. The predicted octanol–water partition coefficient (Wildman–Crippen LogP) is 2.34. The smallest absolute Gasteiger partial charge is 0.254 e. The van der Waals surface area contributed by atoms with Crippen molar-refractivity contribution >= 4 is 11.6 Å². The van der Waals surface area contributed by atoms with E-state index in [-0.39, 0.29) is 11.9 Å². The Morgan fingerprint density at radius 1 is 1.33 bits per heavy atom. The molecule has 1 saturated heterocycles. The summed E-state index contributed by atoms with van der Waals surface area (Å²) < 4.78 is 0. The molecule has 2 N–H and O–H groups in total. The van der Waals surface area contributed by atoms with Crippen LogP contribution in [0.1, 0.15) is 36.5 Å². The lowest BCUT2D eigenvalue weighted by atomic mass is 9.88. The molecule has 0 spiro atoms. The number of anilines is 1. The number of benzene rings is 1. The van der Waals surface area contributed by atoms with E-state index in [9.17, 15) is 4.79 Å². The molecule has 1 aromatic carbocycles. The summed E-state index contributed by atoms with van der Waals surface area (Å²) in [6.07, 6.45) is 3.30. The van der Waals surface area contributed by atoms with Crippen molar-refractivity contribution in [1.82, 2.24) is 4.90 Å². The van der Waals surface area contributed by atoms with Crippen LogP contribution >= 0.6 is 0 Å². The molecule has 1 aliphatic heterocycles. The quantitative estimate of drug-likeness (QED) is 0.925. The highest BCUT2D eigenvalue weighted by Crippen LogP contribution is 2.26. The van der Waals surface area contributed by atoms with E-state index in [0.717, 1.165) is 30.6 Å². The normalized spacial score (nSPS) is 22.2. The number of rotatable bonds is 4.